The molecule has 1 heterocycles. The Labute approximate surface area is 122 Å². The molecular weight excluding hydrogens is 251 g/mol. The fourth-order valence-corrected chi connectivity index (χ4v) is 2.17. The Morgan fingerprint density at radius 2 is 1.88 bits per heavy atom. The van der Waals surface area contributed by atoms with Crippen molar-refractivity contribution in [2.45, 2.75) is 5.75 Å². The van der Waals surface area contributed by atoms with Gasteiger partial charge in [0.1, 0.15) is 0 Å². The second kappa shape index (κ2) is 5.84. The molecule has 0 fully saturated rings. The molecule has 0 bridgehead atoms. The van der Waals surface area contributed by atoms with Crippen molar-refractivity contribution in [1.29, 1.82) is 0 Å². The molecule has 1 aromatic heterocycles. The van der Waals surface area contributed by atoms with E-state index in [1.165, 1.54) is 12.5 Å². The summed E-state index contributed by atoms with van der Waals surface area (Å²) in [5.74, 6) is -0.506. The van der Waals surface area contributed by atoms with E-state index in [1.54, 1.807) is 30.3 Å². The zero-order chi connectivity index (χ0) is 11.6. The number of benzene rings is 1. The average molecular weight is 260 g/mol. The predicted octanol–water partition coefficient (Wildman–Crippen LogP) is -1.00. The van der Waals surface area contributed by atoms with Crippen molar-refractivity contribution >= 4 is 10.1 Å². The van der Waals surface area contributed by atoms with Gasteiger partial charge in [-0.3, -0.25) is 0 Å². The number of furan rings is 1. The summed E-state index contributed by atoms with van der Waals surface area (Å²) in [4.78, 5) is 0. The Balaban J connectivity index is 0.00000144. The van der Waals surface area contributed by atoms with Gasteiger partial charge in [0, 0.05) is 5.56 Å². The summed E-state index contributed by atoms with van der Waals surface area (Å²) in [5, 5.41) is 0. The molecule has 0 spiro atoms. The van der Waals surface area contributed by atoms with Crippen LogP contribution in [0.1, 0.15) is 5.56 Å². The quantitative estimate of drug-likeness (QED) is 0.524. The standard InChI is InChI=1S/C11H10O4S.Na/c12-16(13,14)8-10-3-1-2-4-11(10)9-5-6-15-7-9;/h1-7H,8H2,(H,12,13,14);/q;+1/p-1. The third-order valence-electron chi connectivity index (χ3n) is 2.18. The molecule has 0 atom stereocenters. The fourth-order valence-electron chi connectivity index (χ4n) is 1.54. The molecule has 0 N–H and O–H groups in total. The third kappa shape index (κ3) is 3.97. The van der Waals surface area contributed by atoms with Crippen molar-refractivity contribution in [2.24, 2.45) is 0 Å². The van der Waals surface area contributed by atoms with Gasteiger partial charge in [0.15, 0.2) is 0 Å². The van der Waals surface area contributed by atoms with Crippen LogP contribution in [-0.2, 0) is 15.9 Å². The van der Waals surface area contributed by atoms with E-state index < -0.39 is 15.9 Å². The monoisotopic (exact) mass is 260 g/mol. The maximum atomic E-state index is 10.7. The van der Waals surface area contributed by atoms with Crippen LogP contribution in [0.5, 0.6) is 0 Å². The summed E-state index contributed by atoms with van der Waals surface area (Å²) in [5.41, 5.74) is 1.95. The number of hydrogen-bond donors (Lipinski definition) is 0. The van der Waals surface area contributed by atoms with Crippen molar-refractivity contribution in [2.75, 3.05) is 0 Å². The molecule has 17 heavy (non-hydrogen) atoms. The summed E-state index contributed by atoms with van der Waals surface area (Å²) < 4.78 is 37.2. The van der Waals surface area contributed by atoms with Gasteiger partial charge in [-0.2, -0.15) is 0 Å². The minimum atomic E-state index is -4.27. The Morgan fingerprint density at radius 3 is 2.47 bits per heavy atom. The summed E-state index contributed by atoms with van der Waals surface area (Å²) in [7, 11) is -4.27. The van der Waals surface area contributed by atoms with Crippen LogP contribution >= 0.6 is 0 Å². The van der Waals surface area contributed by atoms with Gasteiger partial charge in [-0.25, -0.2) is 8.42 Å². The second-order valence-electron chi connectivity index (χ2n) is 3.37. The van der Waals surface area contributed by atoms with Gasteiger partial charge in [0.05, 0.1) is 28.4 Å². The third-order valence-corrected chi connectivity index (χ3v) is 2.85. The molecule has 84 valence electrons. The molecule has 2 rings (SSSR count). The Kier molecular flexibility index (Phi) is 4.97. The van der Waals surface area contributed by atoms with Crippen LogP contribution in [0.3, 0.4) is 0 Å². The van der Waals surface area contributed by atoms with Crippen LogP contribution in [0.15, 0.2) is 47.3 Å². The Bertz CT molecular complexity index is 575. The smallest absolute Gasteiger partial charge is 0.748 e. The topological polar surface area (TPSA) is 70.3 Å². The van der Waals surface area contributed by atoms with Crippen LogP contribution in [0, 0.1) is 0 Å². The van der Waals surface area contributed by atoms with E-state index >= 15 is 0 Å². The van der Waals surface area contributed by atoms with Crippen molar-refractivity contribution in [3.05, 3.63) is 48.4 Å². The first-order valence-electron chi connectivity index (χ1n) is 4.60. The van der Waals surface area contributed by atoms with Gasteiger partial charge in [0.2, 0.25) is 0 Å². The van der Waals surface area contributed by atoms with Gasteiger partial charge in [0.25, 0.3) is 0 Å². The van der Waals surface area contributed by atoms with Crippen LogP contribution in [-0.4, -0.2) is 13.0 Å². The SMILES string of the molecule is O=S(=O)([O-])Cc1ccccc1-c1ccoc1.[Na+]. The van der Waals surface area contributed by atoms with Gasteiger partial charge in [-0.1, -0.05) is 24.3 Å². The van der Waals surface area contributed by atoms with Crippen molar-refractivity contribution in [1.82, 2.24) is 0 Å². The van der Waals surface area contributed by atoms with E-state index in [0.29, 0.717) is 11.1 Å². The second-order valence-corrected chi connectivity index (χ2v) is 4.78. The molecule has 6 heteroatoms. The Hall–Kier alpha value is -0.590. The largest absolute Gasteiger partial charge is 1.00 e. The normalized spacial score (nSPS) is 10.9. The van der Waals surface area contributed by atoms with Crippen LogP contribution < -0.4 is 29.6 Å². The summed E-state index contributed by atoms with van der Waals surface area (Å²) in [6.45, 7) is 0. The molecule has 0 radical (unpaired) electrons. The van der Waals surface area contributed by atoms with E-state index in [1.807, 2.05) is 0 Å². The average Bonchev–Trinajstić information content (AvgIpc) is 2.69. The van der Waals surface area contributed by atoms with Crippen molar-refractivity contribution in [3.63, 3.8) is 0 Å². The first-order valence-corrected chi connectivity index (χ1v) is 6.18. The molecular formula is C11H9NaO4S. The van der Waals surface area contributed by atoms with E-state index in [2.05, 4.69) is 0 Å². The number of rotatable bonds is 3. The van der Waals surface area contributed by atoms with E-state index in [4.69, 9.17) is 4.42 Å². The first kappa shape index (κ1) is 14.5. The van der Waals surface area contributed by atoms with Crippen molar-refractivity contribution < 1.29 is 46.9 Å². The molecule has 0 amide bonds. The van der Waals surface area contributed by atoms with Crippen LogP contribution in [0.4, 0.5) is 0 Å². The van der Waals surface area contributed by atoms with Gasteiger partial charge in [-0.05, 0) is 17.2 Å². The minimum absolute atomic E-state index is 0. The van der Waals surface area contributed by atoms with Gasteiger partial charge in [-0.15, -0.1) is 0 Å². The molecule has 0 saturated carbocycles. The maximum absolute atomic E-state index is 10.7. The molecule has 0 aliphatic heterocycles. The molecule has 4 nitrogen and oxygen atoms in total. The van der Waals surface area contributed by atoms with E-state index in [9.17, 15) is 13.0 Å². The number of hydrogen-bond acceptors (Lipinski definition) is 4. The fraction of sp³-hybridized carbons (Fsp3) is 0.0909. The molecule has 2 aromatic rings. The maximum Gasteiger partial charge on any atom is 1.00 e. The van der Waals surface area contributed by atoms with Crippen LogP contribution in [0.2, 0.25) is 0 Å². The molecule has 0 aliphatic carbocycles. The van der Waals surface area contributed by atoms with Crippen molar-refractivity contribution in [3.8, 4) is 11.1 Å². The molecule has 0 saturated heterocycles. The van der Waals surface area contributed by atoms with E-state index in [0.717, 1.165) is 5.56 Å². The van der Waals surface area contributed by atoms with Gasteiger partial charge < -0.3 is 8.97 Å². The molecule has 0 unspecified atom stereocenters. The zero-order valence-corrected chi connectivity index (χ0v) is 12.1. The summed E-state index contributed by atoms with van der Waals surface area (Å²) >= 11 is 0. The van der Waals surface area contributed by atoms with Gasteiger partial charge >= 0.3 is 29.6 Å². The molecule has 1 aromatic carbocycles. The summed E-state index contributed by atoms with van der Waals surface area (Å²) in [6.07, 6.45) is 3.01. The first-order chi connectivity index (χ1) is 7.56. The summed E-state index contributed by atoms with van der Waals surface area (Å²) in [6, 6.07) is 8.58. The Morgan fingerprint density at radius 1 is 1.18 bits per heavy atom. The minimum Gasteiger partial charge on any atom is -0.748 e. The van der Waals surface area contributed by atoms with Crippen LogP contribution in [0.25, 0.3) is 11.1 Å². The molecule has 0 aliphatic rings. The zero-order valence-electron chi connectivity index (χ0n) is 9.29. The van der Waals surface area contributed by atoms with E-state index in [-0.39, 0.29) is 29.6 Å². The predicted molar refractivity (Wildman–Crippen MR) is 57.5 cm³/mol.